The van der Waals surface area contributed by atoms with Gasteiger partial charge in [0.2, 0.25) is 0 Å². The third-order valence-corrected chi connectivity index (χ3v) is 7.33. The summed E-state index contributed by atoms with van der Waals surface area (Å²) in [5.41, 5.74) is 6.61. The van der Waals surface area contributed by atoms with Crippen LogP contribution in [0.2, 0.25) is 0 Å². The van der Waals surface area contributed by atoms with E-state index in [9.17, 15) is 13.2 Å². The summed E-state index contributed by atoms with van der Waals surface area (Å²) in [7, 11) is 0. The van der Waals surface area contributed by atoms with Gasteiger partial charge in [-0.2, -0.15) is 13.2 Å². The van der Waals surface area contributed by atoms with Gasteiger partial charge in [-0.3, -0.25) is 0 Å². The van der Waals surface area contributed by atoms with Crippen LogP contribution in [0.3, 0.4) is 0 Å². The number of pyridine rings is 1. The molecule has 0 radical (unpaired) electrons. The van der Waals surface area contributed by atoms with Gasteiger partial charge in [0.05, 0.1) is 21.2 Å². The molecule has 0 aromatic carbocycles. The standard InChI is InChI=1S/C21H23F3N2S2/c1-3-5-6-7-9-13(4-2)16-12-15(21(22,23)24)17-18(25)20(28-19(17)26-16)27-14-10-8-11-14/h4-7,9,12,14H,3,8,10-11,25H2,1-2H3/b6-5+,9-7-,13-4+. The van der Waals surface area contributed by atoms with Gasteiger partial charge in [0, 0.05) is 10.6 Å². The molecule has 0 saturated heterocycles. The van der Waals surface area contributed by atoms with E-state index < -0.39 is 11.7 Å². The summed E-state index contributed by atoms with van der Waals surface area (Å²) < 4.78 is 42.2. The van der Waals surface area contributed by atoms with Crippen LogP contribution >= 0.6 is 23.1 Å². The lowest BCUT2D eigenvalue weighted by Crippen LogP contribution is -2.12. The molecule has 1 fully saturated rings. The minimum absolute atomic E-state index is 0.0355. The molecule has 0 bridgehead atoms. The number of alkyl halides is 3. The molecule has 0 amide bonds. The van der Waals surface area contributed by atoms with Crippen LogP contribution < -0.4 is 5.73 Å². The number of thioether (sulfide) groups is 1. The molecule has 0 aliphatic heterocycles. The molecule has 2 aromatic rings. The molecular formula is C21H23F3N2S2. The van der Waals surface area contributed by atoms with E-state index in [1.54, 1.807) is 30.8 Å². The fourth-order valence-electron chi connectivity index (χ4n) is 2.90. The van der Waals surface area contributed by atoms with Crippen LogP contribution in [0.15, 0.2) is 40.7 Å². The monoisotopic (exact) mass is 424 g/mol. The Morgan fingerprint density at radius 1 is 1.36 bits per heavy atom. The normalized spacial score (nSPS) is 16.5. The number of allylic oxidation sites excluding steroid dienone is 6. The zero-order valence-electron chi connectivity index (χ0n) is 15.8. The van der Waals surface area contributed by atoms with E-state index in [0.717, 1.165) is 29.5 Å². The molecule has 28 heavy (non-hydrogen) atoms. The van der Waals surface area contributed by atoms with Crippen LogP contribution in [0.5, 0.6) is 0 Å². The van der Waals surface area contributed by atoms with E-state index in [4.69, 9.17) is 5.73 Å². The zero-order chi connectivity index (χ0) is 20.3. The van der Waals surface area contributed by atoms with Crippen molar-refractivity contribution in [2.24, 2.45) is 0 Å². The van der Waals surface area contributed by atoms with Crippen molar-refractivity contribution in [1.82, 2.24) is 4.98 Å². The van der Waals surface area contributed by atoms with E-state index in [0.29, 0.717) is 21.3 Å². The molecule has 0 unspecified atom stereocenters. The van der Waals surface area contributed by atoms with Gasteiger partial charge in [0.1, 0.15) is 4.83 Å². The first-order chi connectivity index (χ1) is 13.3. The summed E-state index contributed by atoms with van der Waals surface area (Å²) in [5, 5.41) is 0.483. The van der Waals surface area contributed by atoms with Crippen molar-refractivity contribution in [1.29, 1.82) is 0 Å². The molecule has 7 heteroatoms. The molecule has 1 aliphatic carbocycles. The number of anilines is 1. The second kappa shape index (κ2) is 8.74. The second-order valence-electron chi connectivity index (χ2n) is 6.65. The fraction of sp³-hybridized carbons (Fsp3) is 0.381. The van der Waals surface area contributed by atoms with Gasteiger partial charge in [-0.05, 0) is 37.8 Å². The second-order valence-corrected chi connectivity index (χ2v) is 9.21. The number of nitrogens with zero attached hydrogens (tertiary/aromatic N) is 1. The quantitative estimate of drug-likeness (QED) is 0.489. The molecule has 0 atom stereocenters. The van der Waals surface area contributed by atoms with E-state index >= 15 is 0 Å². The van der Waals surface area contributed by atoms with Crippen LogP contribution in [0.4, 0.5) is 18.9 Å². The first kappa shape index (κ1) is 21.0. The Morgan fingerprint density at radius 3 is 2.68 bits per heavy atom. The minimum atomic E-state index is -4.49. The lowest BCUT2D eigenvalue weighted by molar-refractivity contribution is -0.136. The van der Waals surface area contributed by atoms with Crippen molar-refractivity contribution in [3.8, 4) is 0 Å². The van der Waals surface area contributed by atoms with Gasteiger partial charge in [-0.1, -0.05) is 43.7 Å². The Morgan fingerprint density at radius 2 is 2.11 bits per heavy atom. The highest BCUT2D eigenvalue weighted by Gasteiger charge is 2.36. The summed E-state index contributed by atoms with van der Waals surface area (Å²) in [6.45, 7) is 3.81. The van der Waals surface area contributed by atoms with Crippen LogP contribution in [0, 0.1) is 0 Å². The lowest BCUT2D eigenvalue weighted by Gasteiger charge is -2.23. The molecule has 3 rings (SSSR count). The van der Waals surface area contributed by atoms with Gasteiger partial charge in [0.25, 0.3) is 0 Å². The number of hydrogen-bond donors (Lipinski definition) is 1. The maximum Gasteiger partial charge on any atom is 0.417 e. The largest absolute Gasteiger partial charge is 0.417 e. The molecule has 1 aliphatic rings. The number of hydrogen-bond acceptors (Lipinski definition) is 4. The fourth-order valence-corrected chi connectivity index (χ4v) is 5.69. The van der Waals surface area contributed by atoms with Crippen LogP contribution in [0.25, 0.3) is 15.8 Å². The molecule has 150 valence electrons. The van der Waals surface area contributed by atoms with Crippen molar-refractivity contribution in [2.45, 2.75) is 55.2 Å². The van der Waals surface area contributed by atoms with Crippen LogP contribution in [-0.4, -0.2) is 10.2 Å². The predicted octanol–water partition coefficient (Wildman–Crippen LogP) is 7.47. The van der Waals surface area contributed by atoms with Gasteiger partial charge in [0.15, 0.2) is 0 Å². The summed E-state index contributed by atoms with van der Waals surface area (Å²) in [6, 6.07) is 1.12. The van der Waals surface area contributed by atoms with E-state index in [1.807, 2.05) is 25.2 Å². The molecule has 2 heterocycles. The minimum Gasteiger partial charge on any atom is -0.397 e. The predicted molar refractivity (Wildman–Crippen MR) is 115 cm³/mol. The first-order valence-corrected chi connectivity index (χ1v) is 11.0. The summed E-state index contributed by atoms with van der Waals surface area (Å²) in [6.07, 6.45) is 8.97. The Balaban J connectivity index is 2.09. The van der Waals surface area contributed by atoms with Crippen molar-refractivity contribution in [3.63, 3.8) is 0 Å². The highest BCUT2D eigenvalue weighted by molar-refractivity contribution is 8.02. The third kappa shape index (κ3) is 4.46. The number of rotatable bonds is 6. The first-order valence-electron chi connectivity index (χ1n) is 9.31. The Labute approximate surface area is 171 Å². The molecular weight excluding hydrogens is 401 g/mol. The average molecular weight is 425 g/mol. The molecule has 1 saturated carbocycles. The highest BCUT2D eigenvalue weighted by atomic mass is 32.2. The Kier molecular flexibility index (Phi) is 6.55. The number of aromatic nitrogens is 1. The van der Waals surface area contributed by atoms with Crippen molar-refractivity contribution >= 4 is 44.6 Å². The van der Waals surface area contributed by atoms with Gasteiger partial charge < -0.3 is 5.73 Å². The zero-order valence-corrected chi connectivity index (χ0v) is 17.5. The number of fused-ring (bicyclic) bond motifs is 1. The maximum atomic E-state index is 13.8. The average Bonchev–Trinajstić information content (AvgIpc) is 2.92. The topological polar surface area (TPSA) is 38.9 Å². The van der Waals surface area contributed by atoms with Crippen molar-refractivity contribution in [3.05, 3.63) is 47.7 Å². The Bertz CT molecular complexity index is 935. The maximum absolute atomic E-state index is 13.8. The number of nitrogen functional groups attached to an aromatic ring is 1. The molecule has 2 nitrogen and oxygen atoms in total. The third-order valence-electron chi connectivity index (χ3n) is 4.66. The summed E-state index contributed by atoms with van der Waals surface area (Å²) >= 11 is 2.86. The molecule has 0 spiro atoms. The van der Waals surface area contributed by atoms with Crippen LogP contribution in [-0.2, 0) is 6.18 Å². The summed E-state index contributed by atoms with van der Waals surface area (Å²) in [5.74, 6) is 0. The van der Waals surface area contributed by atoms with Gasteiger partial charge in [-0.25, -0.2) is 4.98 Å². The van der Waals surface area contributed by atoms with E-state index in [1.165, 1.54) is 17.8 Å². The lowest BCUT2D eigenvalue weighted by atomic mass is 10.0. The van der Waals surface area contributed by atoms with Gasteiger partial charge >= 0.3 is 6.18 Å². The van der Waals surface area contributed by atoms with E-state index in [2.05, 4.69) is 4.98 Å². The number of nitrogens with two attached hydrogens (primary N) is 1. The number of halogens is 3. The van der Waals surface area contributed by atoms with Gasteiger partial charge in [-0.15, -0.1) is 23.1 Å². The molecule has 2 N–H and O–H groups in total. The highest BCUT2D eigenvalue weighted by Crippen LogP contribution is 2.49. The summed E-state index contributed by atoms with van der Waals surface area (Å²) in [4.78, 5) is 4.88. The SMILES string of the molecule is C\C=C(/C=C\C=C\CC)c1cc(C(F)(F)F)c2c(N)c(SC3CCC3)sc2n1. The molecule has 2 aromatic heterocycles. The van der Waals surface area contributed by atoms with Crippen molar-refractivity contribution < 1.29 is 13.2 Å². The smallest absolute Gasteiger partial charge is 0.397 e. The van der Waals surface area contributed by atoms with E-state index in [-0.39, 0.29) is 11.1 Å². The number of thiophene rings is 1. The Hall–Kier alpha value is -1.73. The van der Waals surface area contributed by atoms with Crippen molar-refractivity contribution in [2.75, 3.05) is 5.73 Å². The van der Waals surface area contributed by atoms with Crippen LogP contribution in [0.1, 0.15) is 50.8 Å².